The lowest BCUT2D eigenvalue weighted by molar-refractivity contribution is -0.398. The molecule has 0 aliphatic carbocycles. The van der Waals surface area contributed by atoms with E-state index in [1.165, 1.54) is 12.4 Å². The van der Waals surface area contributed by atoms with Crippen molar-refractivity contribution in [1.82, 2.24) is 9.55 Å². The highest BCUT2D eigenvalue weighted by molar-refractivity contribution is 9.09. The maximum atomic E-state index is 10.7. The van der Waals surface area contributed by atoms with Crippen LogP contribution in [0.5, 0.6) is 0 Å². The van der Waals surface area contributed by atoms with Gasteiger partial charge in [0.05, 0.1) is 6.10 Å². The SMILES string of the molecule is O=[N+]([O-])c1nccn1C1O[C@H](CBr)[C@@H](O)[C@@H]1O. The molecule has 1 unspecified atom stereocenters. The number of aromatic nitrogens is 2. The molecule has 0 spiro atoms. The topological polar surface area (TPSA) is 111 Å². The van der Waals surface area contributed by atoms with E-state index < -0.39 is 35.4 Å². The molecule has 2 heterocycles. The van der Waals surface area contributed by atoms with E-state index in [0.717, 1.165) is 4.57 Å². The van der Waals surface area contributed by atoms with E-state index in [4.69, 9.17) is 4.74 Å². The Bertz CT molecular complexity index is 425. The van der Waals surface area contributed by atoms with Crippen LogP contribution in [0.1, 0.15) is 6.23 Å². The molecule has 1 saturated heterocycles. The zero-order valence-corrected chi connectivity index (χ0v) is 10.1. The van der Waals surface area contributed by atoms with Gasteiger partial charge in [-0.15, -0.1) is 0 Å². The summed E-state index contributed by atoms with van der Waals surface area (Å²) in [4.78, 5) is 13.6. The van der Waals surface area contributed by atoms with Gasteiger partial charge in [-0.05, 0) is 4.92 Å². The fourth-order valence-electron chi connectivity index (χ4n) is 1.73. The second kappa shape index (κ2) is 4.69. The number of hydrogen-bond acceptors (Lipinski definition) is 6. The Labute approximate surface area is 104 Å². The van der Waals surface area contributed by atoms with Crippen molar-refractivity contribution in [3.8, 4) is 0 Å². The molecule has 1 fully saturated rings. The van der Waals surface area contributed by atoms with Gasteiger partial charge in [-0.1, -0.05) is 20.9 Å². The number of aliphatic hydroxyl groups is 2. The largest absolute Gasteiger partial charge is 0.436 e. The van der Waals surface area contributed by atoms with Crippen molar-refractivity contribution in [2.24, 2.45) is 0 Å². The van der Waals surface area contributed by atoms with Crippen molar-refractivity contribution >= 4 is 21.9 Å². The Morgan fingerprint density at radius 2 is 2.29 bits per heavy atom. The molecule has 0 radical (unpaired) electrons. The van der Waals surface area contributed by atoms with Crippen LogP contribution in [0, 0.1) is 10.1 Å². The number of nitrogens with zero attached hydrogens (tertiary/aromatic N) is 3. The third-order valence-electron chi connectivity index (χ3n) is 2.57. The molecule has 1 aliphatic rings. The number of ether oxygens (including phenoxy) is 1. The monoisotopic (exact) mass is 307 g/mol. The molecule has 1 aromatic heterocycles. The van der Waals surface area contributed by atoms with E-state index in [1.54, 1.807) is 0 Å². The van der Waals surface area contributed by atoms with Gasteiger partial charge in [-0.25, -0.2) is 0 Å². The lowest BCUT2D eigenvalue weighted by Gasteiger charge is -2.13. The highest BCUT2D eigenvalue weighted by atomic mass is 79.9. The molecule has 94 valence electrons. The first kappa shape index (κ1) is 12.4. The first-order valence-electron chi connectivity index (χ1n) is 4.81. The van der Waals surface area contributed by atoms with Gasteiger partial charge in [0.15, 0.2) is 0 Å². The quantitative estimate of drug-likeness (QED) is 0.455. The first-order valence-corrected chi connectivity index (χ1v) is 5.93. The molecular formula is C8H10BrN3O5. The normalized spacial score (nSPS) is 32.9. The maximum Gasteiger partial charge on any atom is 0.436 e. The lowest BCUT2D eigenvalue weighted by atomic mass is 10.1. The molecule has 2 rings (SSSR count). The molecule has 0 amide bonds. The van der Waals surface area contributed by atoms with Gasteiger partial charge in [0.1, 0.15) is 24.6 Å². The van der Waals surface area contributed by atoms with Crippen molar-refractivity contribution in [3.05, 3.63) is 22.5 Å². The van der Waals surface area contributed by atoms with Gasteiger partial charge < -0.3 is 25.1 Å². The Balaban J connectivity index is 2.29. The molecule has 0 saturated carbocycles. The van der Waals surface area contributed by atoms with E-state index in [0.29, 0.717) is 5.33 Å². The Morgan fingerprint density at radius 1 is 1.59 bits per heavy atom. The zero-order valence-electron chi connectivity index (χ0n) is 8.51. The van der Waals surface area contributed by atoms with Crippen molar-refractivity contribution < 1.29 is 19.9 Å². The van der Waals surface area contributed by atoms with Crippen LogP contribution in [-0.4, -0.2) is 48.3 Å². The van der Waals surface area contributed by atoms with Gasteiger partial charge in [0.2, 0.25) is 6.23 Å². The summed E-state index contributed by atoms with van der Waals surface area (Å²) in [6, 6.07) is 0. The third-order valence-corrected chi connectivity index (χ3v) is 3.21. The molecule has 0 aromatic carbocycles. The number of imidazole rings is 1. The van der Waals surface area contributed by atoms with Crippen molar-refractivity contribution in [3.63, 3.8) is 0 Å². The molecule has 0 bridgehead atoms. The number of alkyl halides is 1. The summed E-state index contributed by atoms with van der Waals surface area (Å²) in [6.45, 7) is 0. The molecule has 4 atom stereocenters. The van der Waals surface area contributed by atoms with Crippen LogP contribution >= 0.6 is 15.9 Å². The van der Waals surface area contributed by atoms with Crippen LogP contribution in [0.2, 0.25) is 0 Å². The Hall–Kier alpha value is -1.03. The molecular weight excluding hydrogens is 298 g/mol. The Kier molecular flexibility index (Phi) is 3.43. The number of aliphatic hydroxyl groups excluding tert-OH is 2. The summed E-state index contributed by atoms with van der Waals surface area (Å²) in [6.07, 6.45) is -1.38. The molecule has 9 heteroatoms. The fraction of sp³-hybridized carbons (Fsp3) is 0.625. The van der Waals surface area contributed by atoms with Crippen LogP contribution in [0.4, 0.5) is 5.95 Å². The number of halogens is 1. The molecule has 1 aromatic rings. The minimum Gasteiger partial charge on any atom is -0.390 e. The van der Waals surface area contributed by atoms with E-state index in [1.807, 2.05) is 0 Å². The van der Waals surface area contributed by atoms with Gasteiger partial charge in [-0.2, -0.15) is 4.57 Å². The standard InChI is InChI=1S/C8H10BrN3O5/c9-3-4-5(13)6(14)7(17-4)11-2-1-10-8(11)12(15)16/h1-2,4-7,13-14H,3H2/t4-,5-,6+,7?/m1/s1. The third kappa shape index (κ3) is 2.06. The molecule has 1 aliphatic heterocycles. The van der Waals surface area contributed by atoms with Crippen LogP contribution in [0.15, 0.2) is 12.4 Å². The van der Waals surface area contributed by atoms with Gasteiger partial charge in [0.25, 0.3) is 0 Å². The van der Waals surface area contributed by atoms with E-state index in [-0.39, 0.29) is 0 Å². The lowest BCUT2D eigenvalue weighted by Crippen LogP contribution is -2.32. The minimum absolute atomic E-state index is 0.324. The predicted octanol–water partition coefficient (Wildman–Crippen LogP) is -0.195. The van der Waals surface area contributed by atoms with Crippen LogP contribution in [0.25, 0.3) is 0 Å². The van der Waals surface area contributed by atoms with E-state index in [2.05, 4.69) is 20.9 Å². The average Bonchev–Trinajstić information content (AvgIpc) is 2.86. The van der Waals surface area contributed by atoms with Crippen LogP contribution < -0.4 is 0 Å². The van der Waals surface area contributed by atoms with E-state index >= 15 is 0 Å². The smallest absolute Gasteiger partial charge is 0.390 e. The summed E-state index contributed by atoms with van der Waals surface area (Å²) in [5, 5.41) is 30.4. The van der Waals surface area contributed by atoms with Crippen molar-refractivity contribution in [2.45, 2.75) is 24.5 Å². The first-order chi connectivity index (χ1) is 8.06. The summed E-state index contributed by atoms with van der Waals surface area (Å²) < 4.78 is 6.44. The van der Waals surface area contributed by atoms with Crippen LogP contribution in [-0.2, 0) is 4.74 Å². The zero-order chi connectivity index (χ0) is 12.6. The average molecular weight is 308 g/mol. The molecule has 17 heavy (non-hydrogen) atoms. The highest BCUT2D eigenvalue weighted by Crippen LogP contribution is 2.32. The number of nitro groups is 1. The summed E-state index contributed by atoms with van der Waals surface area (Å²) in [5.74, 6) is -0.434. The second-order valence-corrected chi connectivity index (χ2v) is 4.24. The number of rotatable bonds is 3. The highest BCUT2D eigenvalue weighted by Gasteiger charge is 2.46. The van der Waals surface area contributed by atoms with Gasteiger partial charge in [-0.3, -0.25) is 0 Å². The Morgan fingerprint density at radius 3 is 2.82 bits per heavy atom. The van der Waals surface area contributed by atoms with Gasteiger partial charge in [0, 0.05) is 5.33 Å². The second-order valence-electron chi connectivity index (χ2n) is 3.59. The minimum atomic E-state index is -1.23. The van der Waals surface area contributed by atoms with Gasteiger partial charge >= 0.3 is 5.95 Å². The summed E-state index contributed by atoms with van der Waals surface area (Å²) in [7, 11) is 0. The van der Waals surface area contributed by atoms with Crippen molar-refractivity contribution in [1.29, 1.82) is 0 Å². The number of hydrogen-bond donors (Lipinski definition) is 2. The molecule has 8 nitrogen and oxygen atoms in total. The maximum absolute atomic E-state index is 10.7. The van der Waals surface area contributed by atoms with E-state index in [9.17, 15) is 20.3 Å². The van der Waals surface area contributed by atoms with Crippen LogP contribution in [0.3, 0.4) is 0 Å². The fourth-order valence-corrected chi connectivity index (χ4v) is 2.27. The summed E-state index contributed by atoms with van der Waals surface area (Å²) >= 11 is 3.13. The van der Waals surface area contributed by atoms with Crippen molar-refractivity contribution in [2.75, 3.05) is 5.33 Å². The predicted molar refractivity (Wildman–Crippen MR) is 58.6 cm³/mol. The summed E-state index contributed by atoms with van der Waals surface area (Å²) in [5.41, 5.74) is 0. The molecule has 2 N–H and O–H groups in total.